The van der Waals surface area contributed by atoms with Crippen LogP contribution in [-0.4, -0.2) is 27.0 Å². The van der Waals surface area contributed by atoms with Crippen molar-refractivity contribution in [1.82, 2.24) is 9.97 Å². The number of carboxylic acid groups (broad SMARTS) is 1. The lowest BCUT2D eigenvalue weighted by molar-refractivity contribution is 0.0696. The third kappa shape index (κ3) is 3.04. The van der Waals surface area contributed by atoms with E-state index in [1.807, 2.05) is 18.3 Å². The van der Waals surface area contributed by atoms with E-state index in [0.717, 1.165) is 33.3 Å². The van der Waals surface area contributed by atoms with Gasteiger partial charge in [-0.05, 0) is 41.5 Å². The molecule has 0 unspecified atom stereocenters. The van der Waals surface area contributed by atoms with E-state index in [9.17, 15) is 9.59 Å². The Balaban J connectivity index is 1.81. The zero-order valence-electron chi connectivity index (χ0n) is 14.1. The Morgan fingerprint density at radius 1 is 0.926 bits per heavy atom. The number of aromatic carboxylic acids is 1. The van der Waals surface area contributed by atoms with Crippen LogP contribution >= 0.6 is 0 Å². The highest BCUT2D eigenvalue weighted by molar-refractivity contribution is 5.97. The Labute approximate surface area is 154 Å². The number of hydrogen-bond acceptors (Lipinski definition) is 3. The van der Waals surface area contributed by atoms with Crippen LogP contribution in [-0.2, 0) is 0 Å². The fourth-order valence-corrected chi connectivity index (χ4v) is 3.04. The lowest BCUT2D eigenvalue weighted by Crippen LogP contribution is -2.10. The predicted octanol–water partition coefficient (Wildman–Crippen LogP) is 3.69. The molecule has 4 rings (SSSR count). The maximum Gasteiger partial charge on any atom is 0.335 e. The molecule has 2 heterocycles. The number of amides is 1. The number of aromatic nitrogens is 2. The summed E-state index contributed by atoms with van der Waals surface area (Å²) in [5, 5.41) is 9.96. The summed E-state index contributed by atoms with van der Waals surface area (Å²) in [5.74, 6) is -1.44. The van der Waals surface area contributed by atoms with Gasteiger partial charge in [-0.2, -0.15) is 0 Å². The number of carboxylic acids is 1. The van der Waals surface area contributed by atoms with Crippen molar-refractivity contribution in [3.8, 4) is 22.3 Å². The van der Waals surface area contributed by atoms with Gasteiger partial charge in [-0.25, -0.2) is 9.78 Å². The van der Waals surface area contributed by atoms with E-state index >= 15 is 0 Å². The number of rotatable bonds is 4. The smallest absolute Gasteiger partial charge is 0.335 e. The minimum Gasteiger partial charge on any atom is -0.478 e. The number of nitrogens with two attached hydrogens (primary N) is 1. The molecule has 4 N–H and O–H groups in total. The molecular formula is C21H15N3O3. The molecule has 2 aromatic carbocycles. The van der Waals surface area contributed by atoms with Gasteiger partial charge < -0.3 is 15.8 Å². The van der Waals surface area contributed by atoms with Crippen LogP contribution in [0.1, 0.15) is 20.7 Å². The fourth-order valence-electron chi connectivity index (χ4n) is 3.04. The van der Waals surface area contributed by atoms with Crippen molar-refractivity contribution in [2.45, 2.75) is 0 Å². The SMILES string of the molecule is NC(=O)c1cccc(-c2cnc3[nH]cc(-c4ccc(C(=O)O)cc4)c3c2)c1. The van der Waals surface area contributed by atoms with Gasteiger partial charge in [0.15, 0.2) is 0 Å². The largest absolute Gasteiger partial charge is 0.478 e. The van der Waals surface area contributed by atoms with Gasteiger partial charge in [0, 0.05) is 34.5 Å². The van der Waals surface area contributed by atoms with Crippen LogP contribution in [0.25, 0.3) is 33.3 Å². The minimum absolute atomic E-state index is 0.237. The number of aromatic amines is 1. The van der Waals surface area contributed by atoms with E-state index in [1.165, 1.54) is 0 Å². The van der Waals surface area contributed by atoms with E-state index in [2.05, 4.69) is 9.97 Å². The van der Waals surface area contributed by atoms with E-state index in [0.29, 0.717) is 5.56 Å². The number of H-pyrrole nitrogens is 1. The molecule has 132 valence electrons. The highest BCUT2D eigenvalue weighted by atomic mass is 16.4. The summed E-state index contributed by atoms with van der Waals surface area (Å²) in [6.45, 7) is 0. The second kappa shape index (κ2) is 6.42. The maximum absolute atomic E-state index is 11.4. The highest BCUT2D eigenvalue weighted by Crippen LogP contribution is 2.31. The number of hydrogen-bond donors (Lipinski definition) is 3. The summed E-state index contributed by atoms with van der Waals surface area (Å²) in [6, 6.07) is 15.8. The van der Waals surface area contributed by atoms with Gasteiger partial charge in [-0.15, -0.1) is 0 Å². The summed E-state index contributed by atoms with van der Waals surface area (Å²) >= 11 is 0. The molecule has 2 aromatic heterocycles. The Bertz CT molecular complexity index is 1180. The van der Waals surface area contributed by atoms with Gasteiger partial charge in [0.25, 0.3) is 0 Å². The molecular weight excluding hydrogens is 342 g/mol. The number of pyridine rings is 1. The van der Waals surface area contributed by atoms with Crippen molar-refractivity contribution < 1.29 is 14.7 Å². The summed E-state index contributed by atoms with van der Waals surface area (Å²) in [5.41, 5.74) is 10.3. The van der Waals surface area contributed by atoms with Crippen LogP contribution in [0.3, 0.4) is 0 Å². The number of carbonyl (C=O) groups is 2. The molecule has 0 radical (unpaired) electrons. The molecule has 0 aliphatic heterocycles. The average molecular weight is 357 g/mol. The van der Waals surface area contributed by atoms with Crippen molar-refractivity contribution in [3.63, 3.8) is 0 Å². The summed E-state index contributed by atoms with van der Waals surface area (Å²) in [4.78, 5) is 30.1. The van der Waals surface area contributed by atoms with E-state index < -0.39 is 11.9 Å². The lowest BCUT2D eigenvalue weighted by atomic mass is 10.0. The monoisotopic (exact) mass is 357 g/mol. The molecule has 6 heteroatoms. The topological polar surface area (TPSA) is 109 Å². The number of primary amides is 1. The summed E-state index contributed by atoms with van der Waals surface area (Å²) in [7, 11) is 0. The van der Waals surface area contributed by atoms with Gasteiger partial charge in [0.1, 0.15) is 5.65 Å². The van der Waals surface area contributed by atoms with Crippen LogP contribution in [0, 0.1) is 0 Å². The molecule has 0 aliphatic carbocycles. The first-order valence-electron chi connectivity index (χ1n) is 8.24. The lowest BCUT2D eigenvalue weighted by Gasteiger charge is -2.05. The van der Waals surface area contributed by atoms with E-state index in [1.54, 1.807) is 48.7 Å². The molecule has 0 spiro atoms. The normalized spacial score (nSPS) is 10.8. The predicted molar refractivity (Wildman–Crippen MR) is 102 cm³/mol. The van der Waals surface area contributed by atoms with Gasteiger partial charge in [-0.1, -0.05) is 24.3 Å². The molecule has 27 heavy (non-hydrogen) atoms. The summed E-state index contributed by atoms with van der Waals surface area (Å²) in [6.07, 6.45) is 3.58. The first kappa shape index (κ1) is 16.5. The number of benzene rings is 2. The maximum atomic E-state index is 11.4. The second-order valence-corrected chi connectivity index (χ2v) is 6.15. The highest BCUT2D eigenvalue weighted by Gasteiger charge is 2.11. The standard InChI is InChI=1S/C21H15N3O3/c22-19(25)15-3-1-2-14(8-15)16-9-17-18(11-24-20(17)23-10-16)12-4-6-13(7-5-12)21(26)27/h1-11H,(H2,22,25)(H,23,24)(H,26,27). The third-order valence-electron chi connectivity index (χ3n) is 4.45. The van der Waals surface area contributed by atoms with E-state index in [-0.39, 0.29) is 5.56 Å². The molecule has 0 aliphatic rings. The van der Waals surface area contributed by atoms with Crippen LogP contribution < -0.4 is 5.73 Å². The number of nitrogens with zero attached hydrogens (tertiary/aromatic N) is 1. The summed E-state index contributed by atoms with van der Waals surface area (Å²) < 4.78 is 0. The van der Waals surface area contributed by atoms with Crippen molar-refractivity contribution in [2.24, 2.45) is 5.73 Å². The number of nitrogens with one attached hydrogen (secondary N) is 1. The first-order valence-corrected chi connectivity index (χ1v) is 8.24. The molecule has 0 saturated heterocycles. The second-order valence-electron chi connectivity index (χ2n) is 6.15. The number of carbonyl (C=O) groups excluding carboxylic acids is 1. The molecule has 1 amide bonds. The molecule has 0 saturated carbocycles. The quantitative estimate of drug-likeness (QED) is 0.517. The third-order valence-corrected chi connectivity index (χ3v) is 4.45. The van der Waals surface area contributed by atoms with Crippen molar-refractivity contribution in [1.29, 1.82) is 0 Å². The Kier molecular flexibility index (Phi) is 3.93. The fraction of sp³-hybridized carbons (Fsp3) is 0. The first-order chi connectivity index (χ1) is 13.0. The van der Waals surface area contributed by atoms with Gasteiger partial charge >= 0.3 is 5.97 Å². The van der Waals surface area contributed by atoms with Gasteiger partial charge in [0.2, 0.25) is 5.91 Å². The Morgan fingerprint density at radius 3 is 2.41 bits per heavy atom. The Morgan fingerprint density at radius 2 is 1.70 bits per heavy atom. The molecule has 0 atom stereocenters. The zero-order chi connectivity index (χ0) is 19.0. The van der Waals surface area contributed by atoms with Gasteiger partial charge in [0.05, 0.1) is 5.56 Å². The number of fused-ring (bicyclic) bond motifs is 1. The van der Waals surface area contributed by atoms with Crippen LogP contribution in [0.2, 0.25) is 0 Å². The van der Waals surface area contributed by atoms with Crippen LogP contribution in [0.4, 0.5) is 0 Å². The Hall–Kier alpha value is -3.93. The van der Waals surface area contributed by atoms with Crippen molar-refractivity contribution in [2.75, 3.05) is 0 Å². The molecule has 0 bridgehead atoms. The van der Waals surface area contributed by atoms with Crippen LogP contribution in [0.5, 0.6) is 0 Å². The van der Waals surface area contributed by atoms with Gasteiger partial charge in [-0.3, -0.25) is 4.79 Å². The van der Waals surface area contributed by atoms with E-state index in [4.69, 9.17) is 10.8 Å². The van der Waals surface area contributed by atoms with Crippen LogP contribution in [0.15, 0.2) is 67.0 Å². The zero-order valence-corrected chi connectivity index (χ0v) is 14.1. The molecule has 4 aromatic rings. The van der Waals surface area contributed by atoms with Crippen molar-refractivity contribution in [3.05, 3.63) is 78.1 Å². The van der Waals surface area contributed by atoms with Crippen molar-refractivity contribution >= 4 is 22.9 Å². The molecule has 0 fully saturated rings. The molecule has 6 nitrogen and oxygen atoms in total. The average Bonchev–Trinajstić information content (AvgIpc) is 3.11. The minimum atomic E-state index is -0.959.